The number of hydrogen-bond donors (Lipinski definition) is 2. The molecule has 0 spiro atoms. The molecule has 2 N–H and O–H groups in total. The lowest BCUT2D eigenvalue weighted by Crippen LogP contribution is -2.01. The second-order valence-corrected chi connectivity index (χ2v) is 6.49. The summed E-state index contributed by atoms with van der Waals surface area (Å²) in [7, 11) is 0. The van der Waals surface area contributed by atoms with Crippen LogP contribution in [-0.4, -0.2) is 11.1 Å². The molecule has 128 valence electrons. The van der Waals surface area contributed by atoms with Crippen LogP contribution >= 0.6 is 34.8 Å². The van der Waals surface area contributed by atoms with Crippen molar-refractivity contribution in [3.63, 3.8) is 0 Å². The molecule has 7 heteroatoms. The van der Waals surface area contributed by atoms with Crippen LogP contribution in [0.15, 0.2) is 52.9 Å². The SMILES string of the molecule is O=C(O)c1ccc(NCc2ccc(-c3ccc(Cl)cc3Cl)o2)cc1Cl. The first-order valence-corrected chi connectivity index (χ1v) is 8.38. The Morgan fingerprint density at radius 1 is 1.00 bits per heavy atom. The van der Waals surface area contributed by atoms with Crippen LogP contribution in [0.3, 0.4) is 0 Å². The molecule has 0 saturated heterocycles. The van der Waals surface area contributed by atoms with Crippen molar-refractivity contribution in [3.8, 4) is 11.3 Å². The molecule has 0 fully saturated rings. The number of aromatic carboxylic acids is 1. The summed E-state index contributed by atoms with van der Waals surface area (Å²) in [5, 5.41) is 13.3. The molecule has 0 aliphatic carbocycles. The molecule has 1 heterocycles. The van der Waals surface area contributed by atoms with Crippen molar-refractivity contribution >= 4 is 46.5 Å². The van der Waals surface area contributed by atoms with Gasteiger partial charge in [-0.25, -0.2) is 4.79 Å². The third kappa shape index (κ3) is 4.10. The van der Waals surface area contributed by atoms with Gasteiger partial charge in [0.15, 0.2) is 0 Å². The zero-order valence-electron chi connectivity index (χ0n) is 12.7. The van der Waals surface area contributed by atoms with Crippen LogP contribution in [0.5, 0.6) is 0 Å². The third-order valence-corrected chi connectivity index (χ3v) is 4.38. The molecule has 4 nitrogen and oxygen atoms in total. The zero-order chi connectivity index (χ0) is 18.0. The largest absolute Gasteiger partial charge is 0.478 e. The Labute approximate surface area is 158 Å². The fourth-order valence-corrected chi connectivity index (χ4v) is 3.06. The highest BCUT2D eigenvalue weighted by atomic mass is 35.5. The quantitative estimate of drug-likeness (QED) is 0.537. The van der Waals surface area contributed by atoms with E-state index in [9.17, 15) is 4.79 Å². The first-order chi connectivity index (χ1) is 11.9. The Morgan fingerprint density at radius 3 is 2.48 bits per heavy atom. The fourth-order valence-electron chi connectivity index (χ4n) is 2.29. The average Bonchev–Trinajstić information content (AvgIpc) is 3.01. The molecule has 0 saturated carbocycles. The number of anilines is 1. The molecule has 0 aliphatic heterocycles. The van der Waals surface area contributed by atoms with Gasteiger partial charge in [0.25, 0.3) is 0 Å². The number of furan rings is 1. The van der Waals surface area contributed by atoms with Crippen LogP contribution in [0.2, 0.25) is 15.1 Å². The van der Waals surface area contributed by atoms with E-state index in [4.69, 9.17) is 44.3 Å². The second-order valence-electron chi connectivity index (χ2n) is 5.24. The van der Waals surface area contributed by atoms with Crippen LogP contribution < -0.4 is 5.32 Å². The van der Waals surface area contributed by atoms with Gasteiger partial charge >= 0.3 is 5.97 Å². The van der Waals surface area contributed by atoms with Crippen molar-refractivity contribution in [2.75, 3.05) is 5.32 Å². The summed E-state index contributed by atoms with van der Waals surface area (Å²) in [4.78, 5) is 11.0. The van der Waals surface area contributed by atoms with Crippen LogP contribution in [0, 0.1) is 0 Å². The minimum absolute atomic E-state index is 0.0601. The molecule has 0 radical (unpaired) electrons. The summed E-state index contributed by atoms with van der Waals surface area (Å²) < 4.78 is 5.79. The Hall–Kier alpha value is -2.14. The van der Waals surface area contributed by atoms with Gasteiger partial charge in [0, 0.05) is 16.3 Å². The molecular formula is C18H12Cl3NO3. The van der Waals surface area contributed by atoms with E-state index in [0.29, 0.717) is 33.8 Å². The maximum Gasteiger partial charge on any atom is 0.337 e. The molecule has 0 amide bonds. The lowest BCUT2D eigenvalue weighted by molar-refractivity contribution is 0.0697. The average molecular weight is 397 g/mol. The lowest BCUT2D eigenvalue weighted by Gasteiger charge is -2.07. The van der Waals surface area contributed by atoms with Crippen LogP contribution in [0.1, 0.15) is 16.1 Å². The smallest absolute Gasteiger partial charge is 0.337 e. The number of carboxylic acids is 1. The van der Waals surface area contributed by atoms with Gasteiger partial charge in [-0.3, -0.25) is 0 Å². The zero-order valence-corrected chi connectivity index (χ0v) is 15.0. The van der Waals surface area contributed by atoms with Crippen molar-refractivity contribution in [2.45, 2.75) is 6.54 Å². The molecule has 25 heavy (non-hydrogen) atoms. The Kier molecular flexibility index (Phi) is 5.23. The van der Waals surface area contributed by atoms with E-state index in [1.165, 1.54) is 6.07 Å². The molecule has 3 aromatic rings. The van der Waals surface area contributed by atoms with E-state index in [1.807, 2.05) is 12.1 Å². The maximum absolute atomic E-state index is 11.0. The maximum atomic E-state index is 11.0. The van der Waals surface area contributed by atoms with Crippen molar-refractivity contribution in [3.05, 3.63) is 74.9 Å². The molecule has 0 unspecified atom stereocenters. The molecule has 1 aromatic heterocycles. The van der Waals surface area contributed by atoms with E-state index in [-0.39, 0.29) is 10.6 Å². The topological polar surface area (TPSA) is 62.5 Å². The normalized spacial score (nSPS) is 10.7. The fraction of sp³-hybridized carbons (Fsp3) is 0.0556. The van der Waals surface area contributed by atoms with Gasteiger partial charge in [-0.2, -0.15) is 0 Å². The number of halogens is 3. The van der Waals surface area contributed by atoms with E-state index in [1.54, 1.807) is 30.3 Å². The minimum Gasteiger partial charge on any atom is -0.478 e. The van der Waals surface area contributed by atoms with Gasteiger partial charge in [0.05, 0.1) is 22.2 Å². The van der Waals surface area contributed by atoms with Crippen molar-refractivity contribution in [1.29, 1.82) is 0 Å². The summed E-state index contributed by atoms with van der Waals surface area (Å²) in [5.41, 5.74) is 1.51. The van der Waals surface area contributed by atoms with Gasteiger partial charge < -0.3 is 14.8 Å². The lowest BCUT2D eigenvalue weighted by atomic mass is 10.2. The summed E-state index contributed by atoms with van der Waals surface area (Å²) in [5.74, 6) is 0.268. The Morgan fingerprint density at radius 2 is 1.80 bits per heavy atom. The van der Waals surface area contributed by atoms with Gasteiger partial charge in [-0.05, 0) is 48.5 Å². The number of hydrogen-bond acceptors (Lipinski definition) is 3. The highest BCUT2D eigenvalue weighted by molar-refractivity contribution is 6.36. The van der Waals surface area contributed by atoms with Gasteiger partial charge in [0.2, 0.25) is 0 Å². The molecule has 3 rings (SSSR count). The predicted molar refractivity (Wildman–Crippen MR) is 99.9 cm³/mol. The molecular weight excluding hydrogens is 385 g/mol. The summed E-state index contributed by atoms with van der Waals surface area (Å²) in [6.07, 6.45) is 0. The van der Waals surface area contributed by atoms with Crippen LogP contribution in [-0.2, 0) is 6.54 Å². The van der Waals surface area contributed by atoms with Crippen molar-refractivity contribution in [1.82, 2.24) is 0 Å². The van der Waals surface area contributed by atoms with E-state index in [0.717, 1.165) is 5.56 Å². The number of carbonyl (C=O) groups is 1. The first-order valence-electron chi connectivity index (χ1n) is 7.25. The van der Waals surface area contributed by atoms with Crippen LogP contribution in [0.4, 0.5) is 5.69 Å². The minimum atomic E-state index is -1.06. The van der Waals surface area contributed by atoms with Gasteiger partial charge in [-0.1, -0.05) is 34.8 Å². The Bertz CT molecular complexity index is 937. The summed E-state index contributed by atoms with van der Waals surface area (Å²) in [6.45, 7) is 0.411. The highest BCUT2D eigenvalue weighted by Crippen LogP contribution is 2.31. The van der Waals surface area contributed by atoms with E-state index in [2.05, 4.69) is 5.32 Å². The number of benzene rings is 2. The molecule has 0 aliphatic rings. The first kappa shape index (κ1) is 17.7. The van der Waals surface area contributed by atoms with Gasteiger partial charge in [0.1, 0.15) is 11.5 Å². The van der Waals surface area contributed by atoms with Gasteiger partial charge in [-0.15, -0.1) is 0 Å². The van der Waals surface area contributed by atoms with Crippen molar-refractivity contribution < 1.29 is 14.3 Å². The third-order valence-electron chi connectivity index (χ3n) is 3.52. The number of carboxylic acid groups (broad SMARTS) is 1. The van der Waals surface area contributed by atoms with E-state index >= 15 is 0 Å². The second kappa shape index (κ2) is 7.40. The molecule has 0 atom stereocenters. The summed E-state index contributed by atoms with van der Waals surface area (Å²) >= 11 is 18.0. The Balaban J connectivity index is 1.72. The monoisotopic (exact) mass is 395 g/mol. The summed E-state index contributed by atoms with van der Waals surface area (Å²) in [6, 6.07) is 13.5. The number of nitrogens with one attached hydrogen (secondary N) is 1. The van der Waals surface area contributed by atoms with Crippen molar-refractivity contribution in [2.24, 2.45) is 0 Å². The molecule has 0 bridgehead atoms. The van der Waals surface area contributed by atoms with Crippen LogP contribution in [0.25, 0.3) is 11.3 Å². The highest BCUT2D eigenvalue weighted by Gasteiger charge is 2.11. The van der Waals surface area contributed by atoms with E-state index < -0.39 is 5.97 Å². The predicted octanol–water partition coefficient (Wildman–Crippen LogP) is 6.22. The molecule has 2 aromatic carbocycles. The number of rotatable bonds is 5. The standard InChI is InChI=1S/C18H12Cl3NO3/c19-10-1-4-13(15(20)7-10)17-6-3-12(25-17)9-22-11-2-5-14(18(23)24)16(21)8-11/h1-8,22H,9H2,(H,23,24).